The van der Waals surface area contributed by atoms with Crippen LogP contribution in [0.5, 0.6) is 5.75 Å². The van der Waals surface area contributed by atoms with Crippen LogP contribution in [0.4, 0.5) is 0 Å². The van der Waals surface area contributed by atoms with E-state index in [4.69, 9.17) is 14.2 Å². The highest BCUT2D eigenvalue weighted by Gasteiger charge is 2.46. The molecule has 2 aliphatic rings. The highest BCUT2D eigenvalue weighted by Crippen LogP contribution is 2.39. The van der Waals surface area contributed by atoms with E-state index in [1.54, 1.807) is 48.5 Å². The number of morpholine rings is 1. The van der Waals surface area contributed by atoms with Crippen molar-refractivity contribution in [1.29, 1.82) is 0 Å². The standard InChI is InChI=1S/C33H34N2O7/c1-22-5-3-4-6-26(22)21-42-27-13-11-24(12-14-27)30(36)28-29(23-7-9-25(10-8-23)33(39)40-2)35(32(38)31(28)37)16-15-34-17-19-41-20-18-34/h3-14,29,36H,15-21H2,1-2H3. The lowest BCUT2D eigenvalue weighted by Crippen LogP contribution is -2.42. The second-order valence-corrected chi connectivity index (χ2v) is 10.3. The molecule has 2 heterocycles. The van der Waals surface area contributed by atoms with Crippen molar-refractivity contribution in [2.45, 2.75) is 19.6 Å². The number of hydrogen-bond acceptors (Lipinski definition) is 8. The molecular formula is C33H34N2O7. The summed E-state index contributed by atoms with van der Waals surface area (Å²) >= 11 is 0. The second kappa shape index (κ2) is 13.0. The van der Waals surface area contributed by atoms with E-state index in [0.717, 1.165) is 24.2 Å². The van der Waals surface area contributed by atoms with E-state index in [0.29, 0.717) is 48.8 Å². The summed E-state index contributed by atoms with van der Waals surface area (Å²) in [6.45, 7) is 5.96. The van der Waals surface area contributed by atoms with Gasteiger partial charge in [0.2, 0.25) is 0 Å². The smallest absolute Gasteiger partial charge is 0.337 e. The van der Waals surface area contributed by atoms with E-state index in [9.17, 15) is 19.5 Å². The van der Waals surface area contributed by atoms with Crippen molar-refractivity contribution < 1.29 is 33.7 Å². The van der Waals surface area contributed by atoms with Crippen molar-refractivity contribution in [3.05, 3.63) is 106 Å². The van der Waals surface area contributed by atoms with E-state index in [-0.39, 0.29) is 17.9 Å². The van der Waals surface area contributed by atoms with Crippen molar-refractivity contribution in [3.8, 4) is 5.75 Å². The third-order valence-electron chi connectivity index (χ3n) is 7.73. The number of aryl methyl sites for hydroxylation is 1. The molecule has 0 spiro atoms. The van der Waals surface area contributed by atoms with Crippen LogP contribution in [0.1, 0.15) is 38.7 Å². The number of rotatable bonds is 9. The average Bonchev–Trinajstić information content (AvgIpc) is 3.28. The summed E-state index contributed by atoms with van der Waals surface area (Å²) in [5.74, 6) is -1.58. The van der Waals surface area contributed by atoms with E-state index in [1.165, 1.54) is 12.0 Å². The number of methoxy groups -OCH3 is 1. The van der Waals surface area contributed by atoms with Crippen LogP contribution in [-0.2, 0) is 25.7 Å². The molecule has 2 fully saturated rings. The summed E-state index contributed by atoms with van der Waals surface area (Å²) < 4.78 is 16.2. The number of aliphatic hydroxyl groups is 1. The fourth-order valence-corrected chi connectivity index (χ4v) is 5.25. The molecule has 0 bridgehead atoms. The quantitative estimate of drug-likeness (QED) is 0.177. The van der Waals surface area contributed by atoms with Gasteiger partial charge in [0.25, 0.3) is 11.7 Å². The molecule has 1 amide bonds. The fourth-order valence-electron chi connectivity index (χ4n) is 5.25. The zero-order chi connectivity index (χ0) is 29.6. The first-order chi connectivity index (χ1) is 20.4. The number of nitrogens with zero attached hydrogens (tertiary/aromatic N) is 2. The van der Waals surface area contributed by atoms with Crippen LogP contribution >= 0.6 is 0 Å². The van der Waals surface area contributed by atoms with Crippen LogP contribution in [0.2, 0.25) is 0 Å². The second-order valence-electron chi connectivity index (χ2n) is 10.3. The first-order valence-corrected chi connectivity index (χ1v) is 13.9. The molecule has 1 N–H and O–H groups in total. The maximum absolute atomic E-state index is 13.4. The number of aliphatic hydroxyl groups excluding tert-OH is 1. The van der Waals surface area contributed by atoms with Crippen LogP contribution in [0.3, 0.4) is 0 Å². The number of carbonyl (C=O) groups is 3. The first-order valence-electron chi connectivity index (χ1n) is 13.9. The van der Waals surface area contributed by atoms with Gasteiger partial charge in [0, 0.05) is 31.7 Å². The van der Waals surface area contributed by atoms with E-state index in [2.05, 4.69) is 4.90 Å². The zero-order valence-electron chi connectivity index (χ0n) is 23.7. The minimum atomic E-state index is -0.824. The molecule has 2 saturated heterocycles. The largest absolute Gasteiger partial charge is 0.507 e. The molecule has 1 atom stereocenters. The summed E-state index contributed by atoms with van der Waals surface area (Å²) in [5.41, 5.74) is 3.53. The molecular weight excluding hydrogens is 536 g/mol. The Balaban J connectivity index is 1.44. The molecule has 3 aromatic rings. The first kappa shape index (κ1) is 29.0. The number of ether oxygens (including phenoxy) is 3. The van der Waals surface area contributed by atoms with Gasteiger partial charge in [-0.05, 0) is 60.0 Å². The molecule has 0 saturated carbocycles. The lowest BCUT2D eigenvalue weighted by molar-refractivity contribution is -0.140. The Morgan fingerprint density at radius 3 is 2.26 bits per heavy atom. The van der Waals surface area contributed by atoms with Gasteiger partial charge in [-0.15, -0.1) is 0 Å². The van der Waals surface area contributed by atoms with E-state index < -0.39 is 23.7 Å². The summed E-state index contributed by atoms with van der Waals surface area (Å²) in [5, 5.41) is 11.4. The number of Topliss-reactive ketones (excluding diaryl/α,β-unsaturated/α-hetero) is 1. The molecule has 9 heteroatoms. The number of amides is 1. The molecule has 1 unspecified atom stereocenters. The number of carbonyl (C=O) groups excluding carboxylic acids is 3. The monoisotopic (exact) mass is 570 g/mol. The third kappa shape index (κ3) is 6.22. The van der Waals surface area contributed by atoms with Crippen LogP contribution in [0.15, 0.2) is 78.4 Å². The van der Waals surface area contributed by atoms with Gasteiger partial charge >= 0.3 is 5.97 Å². The highest BCUT2D eigenvalue weighted by atomic mass is 16.5. The van der Waals surface area contributed by atoms with Gasteiger partial charge in [-0.3, -0.25) is 14.5 Å². The Morgan fingerprint density at radius 2 is 1.60 bits per heavy atom. The number of ketones is 1. The third-order valence-corrected chi connectivity index (χ3v) is 7.73. The van der Waals surface area contributed by atoms with Crippen LogP contribution in [0, 0.1) is 6.92 Å². The maximum Gasteiger partial charge on any atom is 0.337 e. The molecule has 2 aliphatic heterocycles. The maximum atomic E-state index is 13.4. The summed E-state index contributed by atoms with van der Waals surface area (Å²) in [4.78, 5) is 42.4. The molecule has 9 nitrogen and oxygen atoms in total. The van der Waals surface area contributed by atoms with E-state index in [1.807, 2.05) is 31.2 Å². The van der Waals surface area contributed by atoms with Crippen molar-refractivity contribution in [1.82, 2.24) is 9.80 Å². The van der Waals surface area contributed by atoms with Gasteiger partial charge in [0.15, 0.2) is 0 Å². The number of hydrogen-bond donors (Lipinski definition) is 1. The molecule has 5 rings (SSSR count). The number of esters is 1. The van der Waals surface area contributed by atoms with Crippen LogP contribution < -0.4 is 4.74 Å². The van der Waals surface area contributed by atoms with Crippen molar-refractivity contribution in [2.75, 3.05) is 46.5 Å². The van der Waals surface area contributed by atoms with Gasteiger partial charge < -0.3 is 24.2 Å². The molecule has 0 aliphatic carbocycles. The minimum Gasteiger partial charge on any atom is -0.507 e. The Morgan fingerprint density at radius 1 is 0.929 bits per heavy atom. The lowest BCUT2D eigenvalue weighted by atomic mass is 9.94. The average molecular weight is 571 g/mol. The van der Waals surface area contributed by atoms with E-state index >= 15 is 0 Å². The molecule has 3 aromatic carbocycles. The lowest BCUT2D eigenvalue weighted by Gasteiger charge is -2.31. The summed E-state index contributed by atoms with van der Waals surface area (Å²) in [7, 11) is 1.30. The Bertz CT molecular complexity index is 1470. The van der Waals surface area contributed by atoms with Gasteiger partial charge in [0.1, 0.15) is 18.1 Å². The Kier molecular flexibility index (Phi) is 9.00. The highest BCUT2D eigenvalue weighted by molar-refractivity contribution is 6.46. The van der Waals surface area contributed by atoms with Crippen molar-refractivity contribution in [2.24, 2.45) is 0 Å². The van der Waals surface area contributed by atoms with Gasteiger partial charge in [0.05, 0.1) is 37.5 Å². The number of benzene rings is 3. The Hall–Kier alpha value is -4.47. The molecule has 0 aromatic heterocycles. The number of likely N-dealkylation sites (tertiary alicyclic amines) is 1. The van der Waals surface area contributed by atoms with Crippen molar-refractivity contribution in [3.63, 3.8) is 0 Å². The fraction of sp³-hybridized carbons (Fsp3) is 0.303. The zero-order valence-corrected chi connectivity index (χ0v) is 23.7. The van der Waals surface area contributed by atoms with Gasteiger partial charge in [-0.25, -0.2) is 4.79 Å². The summed E-state index contributed by atoms with van der Waals surface area (Å²) in [6, 6.07) is 20.5. The molecule has 42 heavy (non-hydrogen) atoms. The normalized spacial score (nSPS) is 18.7. The summed E-state index contributed by atoms with van der Waals surface area (Å²) in [6.07, 6.45) is 0. The van der Waals surface area contributed by atoms with Crippen LogP contribution in [0.25, 0.3) is 5.76 Å². The van der Waals surface area contributed by atoms with Gasteiger partial charge in [-0.1, -0.05) is 36.4 Å². The minimum absolute atomic E-state index is 0.00127. The topological polar surface area (TPSA) is 106 Å². The Labute approximate surface area is 244 Å². The molecule has 218 valence electrons. The predicted octanol–water partition coefficient (Wildman–Crippen LogP) is 4.11. The SMILES string of the molecule is COC(=O)c1ccc(C2C(=C(O)c3ccc(OCc4ccccc4C)cc3)C(=O)C(=O)N2CCN2CCOCC2)cc1. The predicted molar refractivity (Wildman–Crippen MR) is 156 cm³/mol. The van der Waals surface area contributed by atoms with Crippen molar-refractivity contribution >= 4 is 23.4 Å². The van der Waals surface area contributed by atoms with Crippen LogP contribution in [-0.4, -0.2) is 79.1 Å². The van der Waals surface area contributed by atoms with Gasteiger partial charge in [-0.2, -0.15) is 0 Å². The molecule has 0 radical (unpaired) electrons.